The lowest BCUT2D eigenvalue weighted by atomic mass is 10.2. The molecule has 0 aliphatic heterocycles. The summed E-state index contributed by atoms with van der Waals surface area (Å²) >= 11 is 1.89. The normalized spacial score (nSPS) is 13.3. The number of nitrogens with zero attached hydrogens (tertiary/aromatic N) is 1. The maximum absolute atomic E-state index is 6.15. The zero-order chi connectivity index (χ0) is 12.2. The fourth-order valence-corrected chi connectivity index (χ4v) is 2.29. The third kappa shape index (κ3) is 9.49. The van der Waals surface area contributed by atoms with Crippen LogP contribution in [-0.2, 0) is 0 Å². The van der Waals surface area contributed by atoms with Crippen LogP contribution in [0.3, 0.4) is 0 Å². The van der Waals surface area contributed by atoms with Crippen LogP contribution in [0.1, 0.15) is 46.0 Å². The molecule has 0 rings (SSSR count). The zero-order valence-corrected chi connectivity index (χ0v) is 12.2. The van der Waals surface area contributed by atoms with Gasteiger partial charge in [-0.3, -0.25) is 0 Å². The molecule has 3 heteroatoms. The molecule has 0 aliphatic carbocycles. The van der Waals surface area contributed by atoms with Crippen molar-refractivity contribution in [2.75, 3.05) is 31.6 Å². The van der Waals surface area contributed by atoms with Gasteiger partial charge in [-0.05, 0) is 44.4 Å². The van der Waals surface area contributed by atoms with E-state index in [0.717, 1.165) is 13.0 Å². The summed E-state index contributed by atoms with van der Waals surface area (Å²) in [6, 6.07) is 0.362. The van der Waals surface area contributed by atoms with Crippen molar-refractivity contribution in [2.45, 2.75) is 52.0 Å². The fraction of sp³-hybridized carbons (Fsp3) is 1.00. The van der Waals surface area contributed by atoms with Crippen LogP contribution in [0.5, 0.6) is 0 Å². The molecule has 0 saturated carbocycles. The highest BCUT2D eigenvalue weighted by Crippen LogP contribution is 2.04. The summed E-state index contributed by atoms with van der Waals surface area (Å²) in [7, 11) is 0. The van der Waals surface area contributed by atoms with E-state index in [4.69, 9.17) is 5.73 Å². The van der Waals surface area contributed by atoms with Gasteiger partial charge in [-0.2, -0.15) is 11.8 Å². The summed E-state index contributed by atoms with van der Waals surface area (Å²) < 4.78 is 0. The summed E-state index contributed by atoms with van der Waals surface area (Å²) in [6.45, 7) is 8.05. The Morgan fingerprint density at radius 3 is 2.12 bits per heavy atom. The molecule has 0 spiro atoms. The van der Waals surface area contributed by atoms with Crippen LogP contribution in [0.25, 0.3) is 0 Å². The van der Waals surface area contributed by atoms with Gasteiger partial charge in [-0.1, -0.05) is 26.7 Å². The van der Waals surface area contributed by atoms with E-state index >= 15 is 0 Å². The second-order valence-electron chi connectivity index (χ2n) is 4.55. The Hall–Kier alpha value is 0.270. The Labute approximate surface area is 106 Å². The van der Waals surface area contributed by atoms with E-state index in [1.165, 1.54) is 44.5 Å². The van der Waals surface area contributed by atoms with Crippen molar-refractivity contribution in [3.63, 3.8) is 0 Å². The first-order valence-electron chi connectivity index (χ1n) is 6.71. The van der Waals surface area contributed by atoms with Crippen LogP contribution in [0, 0.1) is 0 Å². The Morgan fingerprint density at radius 1 is 1.12 bits per heavy atom. The minimum atomic E-state index is 0.362. The molecular formula is C13H30N2S. The first-order chi connectivity index (χ1) is 7.74. The first-order valence-corrected chi connectivity index (χ1v) is 8.10. The quantitative estimate of drug-likeness (QED) is 0.608. The molecule has 98 valence electrons. The summed E-state index contributed by atoms with van der Waals surface area (Å²) in [5.41, 5.74) is 6.15. The number of rotatable bonds is 11. The monoisotopic (exact) mass is 246 g/mol. The van der Waals surface area contributed by atoms with Crippen molar-refractivity contribution in [3.8, 4) is 0 Å². The van der Waals surface area contributed by atoms with Crippen LogP contribution in [0.15, 0.2) is 0 Å². The summed E-state index contributed by atoms with van der Waals surface area (Å²) in [6.07, 6.45) is 8.47. The second-order valence-corrected chi connectivity index (χ2v) is 5.53. The smallest absolute Gasteiger partial charge is 0.0175 e. The molecule has 0 amide bonds. The molecular weight excluding hydrogens is 216 g/mol. The maximum Gasteiger partial charge on any atom is 0.0175 e. The van der Waals surface area contributed by atoms with Gasteiger partial charge in [0.15, 0.2) is 0 Å². The standard InChI is InChI=1S/C13H30N2S/c1-4-6-9-15(10-7-5-2)12-13(14)8-11-16-3/h13H,4-12,14H2,1-3H3/t13-/m1/s1. The van der Waals surface area contributed by atoms with Gasteiger partial charge in [0.2, 0.25) is 0 Å². The van der Waals surface area contributed by atoms with Crippen LogP contribution >= 0.6 is 11.8 Å². The molecule has 0 bridgehead atoms. The van der Waals surface area contributed by atoms with Crippen molar-refractivity contribution in [1.82, 2.24) is 4.90 Å². The molecule has 2 N–H and O–H groups in total. The van der Waals surface area contributed by atoms with Crippen molar-refractivity contribution >= 4 is 11.8 Å². The van der Waals surface area contributed by atoms with Crippen molar-refractivity contribution in [1.29, 1.82) is 0 Å². The minimum absolute atomic E-state index is 0.362. The molecule has 0 fully saturated rings. The second kappa shape index (κ2) is 11.7. The lowest BCUT2D eigenvalue weighted by Crippen LogP contribution is -2.39. The van der Waals surface area contributed by atoms with E-state index in [2.05, 4.69) is 25.0 Å². The Bertz CT molecular complexity index is 134. The van der Waals surface area contributed by atoms with E-state index in [-0.39, 0.29) is 0 Å². The van der Waals surface area contributed by atoms with E-state index in [0.29, 0.717) is 6.04 Å². The molecule has 1 atom stereocenters. The van der Waals surface area contributed by atoms with Gasteiger partial charge in [-0.15, -0.1) is 0 Å². The lowest BCUT2D eigenvalue weighted by Gasteiger charge is -2.25. The van der Waals surface area contributed by atoms with E-state index in [9.17, 15) is 0 Å². The maximum atomic E-state index is 6.15. The predicted molar refractivity (Wildman–Crippen MR) is 77.2 cm³/mol. The van der Waals surface area contributed by atoms with Gasteiger partial charge in [0.05, 0.1) is 0 Å². The zero-order valence-electron chi connectivity index (χ0n) is 11.4. The van der Waals surface area contributed by atoms with Gasteiger partial charge < -0.3 is 10.6 Å². The molecule has 0 aliphatic rings. The fourth-order valence-electron chi connectivity index (χ4n) is 1.75. The first kappa shape index (κ1) is 16.3. The summed E-state index contributed by atoms with van der Waals surface area (Å²) in [5, 5.41) is 0. The average molecular weight is 246 g/mol. The Morgan fingerprint density at radius 2 is 1.69 bits per heavy atom. The van der Waals surface area contributed by atoms with Gasteiger partial charge in [0, 0.05) is 12.6 Å². The highest BCUT2D eigenvalue weighted by Gasteiger charge is 2.09. The third-order valence-electron chi connectivity index (χ3n) is 2.84. The van der Waals surface area contributed by atoms with Gasteiger partial charge in [-0.25, -0.2) is 0 Å². The van der Waals surface area contributed by atoms with Crippen LogP contribution in [0.2, 0.25) is 0 Å². The Balaban J connectivity index is 3.78. The summed E-state index contributed by atoms with van der Waals surface area (Å²) in [5.74, 6) is 1.19. The molecule has 0 saturated heterocycles. The number of hydrogen-bond donors (Lipinski definition) is 1. The number of hydrogen-bond acceptors (Lipinski definition) is 3. The number of thioether (sulfide) groups is 1. The van der Waals surface area contributed by atoms with Crippen LogP contribution in [0.4, 0.5) is 0 Å². The van der Waals surface area contributed by atoms with Crippen LogP contribution < -0.4 is 5.73 Å². The third-order valence-corrected chi connectivity index (χ3v) is 3.49. The van der Waals surface area contributed by atoms with Gasteiger partial charge >= 0.3 is 0 Å². The molecule has 0 aromatic rings. The topological polar surface area (TPSA) is 29.3 Å². The van der Waals surface area contributed by atoms with Crippen molar-refractivity contribution in [3.05, 3.63) is 0 Å². The minimum Gasteiger partial charge on any atom is -0.327 e. The van der Waals surface area contributed by atoms with Crippen molar-refractivity contribution < 1.29 is 0 Å². The molecule has 0 heterocycles. The van der Waals surface area contributed by atoms with E-state index < -0.39 is 0 Å². The number of nitrogens with two attached hydrogens (primary N) is 1. The Kier molecular flexibility index (Phi) is 11.9. The molecule has 16 heavy (non-hydrogen) atoms. The lowest BCUT2D eigenvalue weighted by molar-refractivity contribution is 0.247. The van der Waals surface area contributed by atoms with Crippen LogP contribution in [-0.4, -0.2) is 42.6 Å². The van der Waals surface area contributed by atoms with E-state index in [1.54, 1.807) is 0 Å². The SMILES string of the molecule is CCCCN(CCCC)C[C@H](N)CCSC. The van der Waals surface area contributed by atoms with Crippen molar-refractivity contribution in [2.24, 2.45) is 5.73 Å². The van der Waals surface area contributed by atoms with Gasteiger partial charge in [0.1, 0.15) is 0 Å². The van der Waals surface area contributed by atoms with Gasteiger partial charge in [0.25, 0.3) is 0 Å². The number of unbranched alkanes of at least 4 members (excludes halogenated alkanes) is 2. The largest absolute Gasteiger partial charge is 0.327 e. The predicted octanol–water partition coefficient (Wildman–Crippen LogP) is 2.97. The highest BCUT2D eigenvalue weighted by atomic mass is 32.2. The molecule has 0 aromatic heterocycles. The molecule has 0 aromatic carbocycles. The summed E-state index contributed by atoms with van der Waals surface area (Å²) in [4.78, 5) is 2.55. The average Bonchev–Trinajstić information content (AvgIpc) is 2.30. The van der Waals surface area contributed by atoms with E-state index in [1.807, 2.05) is 11.8 Å². The molecule has 2 nitrogen and oxygen atoms in total. The highest BCUT2D eigenvalue weighted by molar-refractivity contribution is 7.98. The molecule has 0 unspecified atom stereocenters. The molecule has 0 radical (unpaired) electrons.